The summed E-state index contributed by atoms with van der Waals surface area (Å²) in [5, 5.41) is 9.51. The molecule has 6 nitrogen and oxygen atoms in total. The van der Waals surface area contributed by atoms with Crippen molar-refractivity contribution in [1.82, 2.24) is 0 Å². The number of carboxylic acid groups (broad SMARTS) is 1. The molecule has 0 amide bonds. The number of nitrogen functional groups attached to an aromatic ring is 1. The molecule has 1 heterocycles. The molecule has 0 aliphatic heterocycles. The Morgan fingerprint density at radius 3 is 2.38 bits per heavy atom. The van der Waals surface area contributed by atoms with Crippen LogP contribution in [0, 0.1) is 6.92 Å². The zero-order valence-corrected chi connectivity index (χ0v) is 15.4. The normalized spacial score (nSPS) is 11.9. The number of para-hydroxylation sites is 1. The Balaban J connectivity index is 2.20. The minimum absolute atomic E-state index is 0.0954. The van der Waals surface area contributed by atoms with E-state index in [-0.39, 0.29) is 4.88 Å². The van der Waals surface area contributed by atoms with Gasteiger partial charge in [-0.1, -0.05) is 30.3 Å². The van der Waals surface area contributed by atoms with Gasteiger partial charge in [0.1, 0.15) is 9.88 Å². The molecular weight excluding hydrogens is 372 g/mol. The van der Waals surface area contributed by atoms with Gasteiger partial charge in [0.15, 0.2) is 0 Å². The van der Waals surface area contributed by atoms with E-state index in [1.807, 2.05) is 37.3 Å². The van der Waals surface area contributed by atoms with Crippen LogP contribution < -0.4 is 10.0 Å². The Morgan fingerprint density at radius 2 is 1.81 bits per heavy atom. The predicted molar refractivity (Wildman–Crippen MR) is 105 cm³/mol. The fourth-order valence-corrected chi connectivity index (χ4v) is 4.32. The molecule has 3 aromatic rings. The largest absolute Gasteiger partial charge is 0.477 e. The third-order valence-corrected chi connectivity index (χ3v) is 5.69. The van der Waals surface area contributed by atoms with Crippen LogP contribution in [0.2, 0.25) is 0 Å². The Hall–Kier alpha value is -2.68. The van der Waals surface area contributed by atoms with E-state index in [9.17, 15) is 13.6 Å². The maximum atomic E-state index is 12.1. The molecule has 0 saturated heterocycles. The second-order valence-electron chi connectivity index (χ2n) is 5.56. The Bertz CT molecular complexity index is 983. The van der Waals surface area contributed by atoms with Gasteiger partial charge < -0.3 is 10.8 Å². The first-order chi connectivity index (χ1) is 12.4. The minimum atomic E-state index is -2.38. The highest BCUT2D eigenvalue weighted by Gasteiger charge is 2.24. The standard InChI is InChI=1S/C18H16N2O4S2/c1-11-3-2-4-14(12-5-7-13(19)8-6-12)17(11)20(26(23)24)16-10-9-15(25-16)18(21)22/h2-10H,19H2,1H3,(H,21,22)(H,23,24). The van der Waals surface area contributed by atoms with E-state index in [2.05, 4.69) is 0 Å². The molecule has 1 aromatic heterocycles. The summed E-state index contributed by atoms with van der Waals surface area (Å²) in [6.45, 7) is 1.84. The number of nitrogens with zero attached hydrogens (tertiary/aromatic N) is 1. The van der Waals surface area contributed by atoms with Crippen molar-refractivity contribution in [3.8, 4) is 11.1 Å². The number of carboxylic acids is 1. The van der Waals surface area contributed by atoms with Gasteiger partial charge in [0.05, 0.1) is 5.69 Å². The van der Waals surface area contributed by atoms with Crippen LogP contribution in [0.4, 0.5) is 16.4 Å². The number of carbonyl (C=O) groups is 1. The molecule has 4 N–H and O–H groups in total. The van der Waals surface area contributed by atoms with Crippen molar-refractivity contribution < 1.29 is 18.7 Å². The van der Waals surface area contributed by atoms with Crippen molar-refractivity contribution in [2.45, 2.75) is 6.92 Å². The molecular formula is C18H16N2O4S2. The van der Waals surface area contributed by atoms with E-state index in [4.69, 9.17) is 10.8 Å². The van der Waals surface area contributed by atoms with Crippen molar-refractivity contribution >= 4 is 44.9 Å². The lowest BCUT2D eigenvalue weighted by Crippen LogP contribution is -2.20. The molecule has 134 valence electrons. The van der Waals surface area contributed by atoms with E-state index >= 15 is 0 Å². The van der Waals surface area contributed by atoms with Gasteiger partial charge in [-0.3, -0.25) is 4.55 Å². The second kappa shape index (κ2) is 7.28. The van der Waals surface area contributed by atoms with Crippen LogP contribution in [0.5, 0.6) is 0 Å². The molecule has 1 atom stereocenters. The van der Waals surface area contributed by atoms with Gasteiger partial charge in [-0.2, -0.15) is 0 Å². The molecule has 0 aliphatic rings. The number of benzene rings is 2. The summed E-state index contributed by atoms with van der Waals surface area (Å²) in [5.41, 5.74) is 9.28. The second-order valence-corrected chi connectivity index (χ2v) is 7.45. The summed E-state index contributed by atoms with van der Waals surface area (Å²) in [4.78, 5) is 11.3. The molecule has 0 aliphatic carbocycles. The number of hydrogen-bond donors (Lipinski definition) is 3. The minimum Gasteiger partial charge on any atom is -0.477 e. The molecule has 0 radical (unpaired) electrons. The van der Waals surface area contributed by atoms with Gasteiger partial charge in [0.2, 0.25) is 0 Å². The molecule has 0 spiro atoms. The Labute approximate surface area is 156 Å². The van der Waals surface area contributed by atoms with Gasteiger partial charge in [-0.05, 0) is 42.3 Å². The number of anilines is 3. The number of hydrogen-bond acceptors (Lipinski definition) is 4. The first-order valence-corrected chi connectivity index (χ1v) is 9.46. The van der Waals surface area contributed by atoms with Crippen molar-refractivity contribution in [3.05, 3.63) is 65.0 Å². The third kappa shape index (κ3) is 3.48. The number of aromatic carboxylic acids is 1. The summed E-state index contributed by atoms with van der Waals surface area (Å²) >= 11 is -1.44. The topological polar surface area (TPSA) is 104 Å². The van der Waals surface area contributed by atoms with Crippen LogP contribution >= 0.6 is 11.3 Å². The lowest BCUT2D eigenvalue weighted by atomic mass is 10.0. The highest BCUT2D eigenvalue weighted by molar-refractivity contribution is 7.81. The maximum absolute atomic E-state index is 12.1. The average Bonchev–Trinajstić information content (AvgIpc) is 3.07. The highest BCUT2D eigenvalue weighted by atomic mass is 32.2. The molecule has 8 heteroatoms. The molecule has 2 aromatic carbocycles. The van der Waals surface area contributed by atoms with Crippen LogP contribution in [-0.4, -0.2) is 19.8 Å². The molecule has 0 fully saturated rings. The molecule has 26 heavy (non-hydrogen) atoms. The van der Waals surface area contributed by atoms with Crippen LogP contribution in [-0.2, 0) is 11.3 Å². The predicted octanol–water partition coefficient (Wildman–Crippen LogP) is 4.28. The average molecular weight is 388 g/mol. The lowest BCUT2D eigenvalue weighted by Gasteiger charge is -2.23. The fourth-order valence-electron chi connectivity index (χ4n) is 2.64. The lowest BCUT2D eigenvalue weighted by molar-refractivity contribution is 0.0702. The first-order valence-electron chi connectivity index (χ1n) is 7.58. The van der Waals surface area contributed by atoms with Crippen molar-refractivity contribution in [3.63, 3.8) is 0 Å². The Morgan fingerprint density at radius 1 is 1.12 bits per heavy atom. The van der Waals surface area contributed by atoms with E-state index in [0.29, 0.717) is 16.4 Å². The summed E-state index contributed by atoms with van der Waals surface area (Å²) in [5.74, 6) is -1.08. The monoisotopic (exact) mass is 388 g/mol. The first kappa shape index (κ1) is 18.1. The smallest absolute Gasteiger partial charge is 0.345 e. The van der Waals surface area contributed by atoms with Crippen LogP contribution in [0.1, 0.15) is 15.2 Å². The summed E-state index contributed by atoms with van der Waals surface area (Å²) in [7, 11) is 0. The fraction of sp³-hybridized carbons (Fsp3) is 0.0556. The van der Waals surface area contributed by atoms with Crippen LogP contribution in [0.25, 0.3) is 11.1 Å². The molecule has 1 unspecified atom stereocenters. The summed E-state index contributed by atoms with van der Waals surface area (Å²) < 4.78 is 23.3. The Kier molecular flexibility index (Phi) is 5.08. The van der Waals surface area contributed by atoms with Gasteiger partial charge in [0.25, 0.3) is 11.3 Å². The van der Waals surface area contributed by atoms with E-state index in [1.54, 1.807) is 12.1 Å². The maximum Gasteiger partial charge on any atom is 0.345 e. The van der Waals surface area contributed by atoms with Gasteiger partial charge in [-0.15, -0.1) is 11.3 Å². The van der Waals surface area contributed by atoms with E-state index in [1.165, 1.54) is 16.4 Å². The zero-order chi connectivity index (χ0) is 18.8. The SMILES string of the molecule is Cc1cccc(-c2ccc(N)cc2)c1N(c1ccc(C(=O)O)s1)S(=O)O. The van der Waals surface area contributed by atoms with Crippen molar-refractivity contribution in [2.24, 2.45) is 0 Å². The van der Waals surface area contributed by atoms with Gasteiger partial charge >= 0.3 is 5.97 Å². The summed E-state index contributed by atoms with van der Waals surface area (Å²) in [6, 6.07) is 15.7. The van der Waals surface area contributed by atoms with Crippen LogP contribution in [0.3, 0.4) is 0 Å². The van der Waals surface area contributed by atoms with Crippen molar-refractivity contribution in [2.75, 3.05) is 10.0 Å². The quantitative estimate of drug-likeness (QED) is 0.447. The van der Waals surface area contributed by atoms with E-state index < -0.39 is 17.2 Å². The van der Waals surface area contributed by atoms with Crippen molar-refractivity contribution in [1.29, 1.82) is 0 Å². The van der Waals surface area contributed by atoms with Gasteiger partial charge in [-0.25, -0.2) is 13.3 Å². The number of aryl methyl sites for hydroxylation is 1. The number of nitrogens with two attached hydrogens (primary N) is 1. The zero-order valence-electron chi connectivity index (χ0n) is 13.7. The van der Waals surface area contributed by atoms with E-state index in [0.717, 1.165) is 28.0 Å². The summed E-state index contributed by atoms with van der Waals surface area (Å²) in [6.07, 6.45) is 0. The highest BCUT2D eigenvalue weighted by Crippen LogP contribution is 2.41. The molecule has 0 saturated carbocycles. The van der Waals surface area contributed by atoms with Crippen LogP contribution in [0.15, 0.2) is 54.6 Å². The number of thiophene rings is 1. The third-order valence-electron chi connectivity index (χ3n) is 3.82. The molecule has 0 bridgehead atoms. The number of rotatable bonds is 5. The van der Waals surface area contributed by atoms with Gasteiger partial charge in [0, 0.05) is 11.3 Å². The molecule has 3 rings (SSSR count).